The molecular formula is C19H15ClN2O3. The molecule has 1 heterocycles. The number of rotatable bonds is 6. The van der Waals surface area contributed by atoms with E-state index in [4.69, 9.17) is 20.8 Å². The molecule has 1 N–H and O–H groups in total. The second-order valence-corrected chi connectivity index (χ2v) is 5.53. The van der Waals surface area contributed by atoms with Crippen LogP contribution in [0.3, 0.4) is 0 Å². The van der Waals surface area contributed by atoms with Gasteiger partial charge in [-0.2, -0.15) is 5.10 Å². The third-order valence-electron chi connectivity index (χ3n) is 3.36. The highest BCUT2D eigenvalue weighted by Crippen LogP contribution is 2.18. The van der Waals surface area contributed by atoms with Crippen molar-refractivity contribution in [2.24, 2.45) is 5.10 Å². The summed E-state index contributed by atoms with van der Waals surface area (Å²) in [4.78, 5) is 11.6. The lowest BCUT2D eigenvalue weighted by atomic mass is 10.2. The van der Waals surface area contributed by atoms with Crippen molar-refractivity contribution in [3.05, 3.63) is 88.8 Å². The van der Waals surface area contributed by atoms with Gasteiger partial charge < -0.3 is 9.15 Å². The first kappa shape index (κ1) is 16.8. The van der Waals surface area contributed by atoms with Crippen LogP contribution in [0.15, 0.2) is 76.4 Å². The molecule has 126 valence electrons. The Morgan fingerprint density at radius 3 is 2.64 bits per heavy atom. The molecule has 0 fully saturated rings. The second kappa shape index (κ2) is 8.17. The van der Waals surface area contributed by atoms with Crippen LogP contribution < -0.4 is 10.2 Å². The number of nitrogens with zero attached hydrogens (tertiary/aromatic N) is 1. The highest BCUT2D eigenvalue weighted by Gasteiger charge is 2.05. The summed E-state index contributed by atoms with van der Waals surface area (Å²) >= 11 is 6.10. The number of halogens is 1. The topological polar surface area (TPSA) is 63.8 Å². The van der Waals surface area contributed by atoms with Crippen LogP contribution >= 0.6 is 11.6 Å². The van der Waals surface area contributed by atoms with Crippen LogP contribution in [0.2, 0.25) is 5.02 Å². The number of carbonyl (C=O) groups excluding carboxylic acids is 1. The highest BCUT2D eigenvalue weighted by molar-refractivity contribution is 6.31. The van der Waals surface area contributed by atoms with E-state index in [0.717, 1.165) is 16.9 Å². The average molecular weight is 355 g/mol. The number of furan rings is 1. The normalized spacial score (nSPS) is 10.8. The first-order valence-corrected chi connectivity index (χ1v) is 7.93. The van der Waals surface area contributed by atoms with E-state index < -0.39 is 5.91 Å². The molecule has 3 rings (SSSR count). The summed E-state index contributed by atoms with van der Waals surface area (Å²) in [5, 5.41) is 4.57. The number of ether oxygens (including phenoxy) is 1. The van der Waals surface area contributed by atoms with E-state index in [9.17, 15) is 4.79 Å². The van der Waals surface area contributed by atoms with Gasteiger partial charge in [-0.1, -0.05) is 29.8 Å². The van der Waals surface area contributed by atoms with Crippen molar-refractivity contribution in [2.75, 3.05) is 0 Å². The lowest BCUT2D eigenvalue weighted by molar-refractivity contribution is 0.0927. The average Bonchev–Trinajstić information content (AvgIpc) is 3.17. The van der Waals surface area contributed by atoms with Crippen LogP contribution in [-0.4, -0.2) is 12.1 Å². The van der Waals surface area contributed by atoms with Crippen molar-refractivity contribution in [1.82, 2.24) is 5.43 Å². The maximum atomic E-state index is 11.6. The van der Waals surface area contributed by atoms with Gasteiger partial charge in [0.05, 0.1) is 12.5 Å². The summed E-state index contributed by atoms with van der Waals surface area (Å²) in [7, 11) is 0. The number of nitrogens with one attached hydrogen (secondary N) is 1. The monoisotopic (exact) mass is 354 g/mol. The fraction of sp³-hybridized carbons (Fsp3) is 0.0526. The number of benzene rings is 2. The molecule has 3 aromatic rings. The van der Waals surface area contributed by atoms with Gasteiger partial charge in [0.2, 0.25) is 0 Å². The lowest BCUT2D eigenvalue weighted by Gasteiger charge is -2.07. The minimum atomic E-state index is -0.402. The quantitative estimate of drug-likeness (QED) is 0.531. The molecular weight excluding hydrogens is 340 g/mol. The first-order valence-electron chi connectivity index (χ1n) is 7.55. The van der Waals surface area contributed by atoms with E-state index in [1.54, 1.807) is 18.3 Å². The van der Waals surface area contributed by atoms with Gasteiger partial charge >= 0.3 is 5.91 Å². The maximum absolute atomic E-state index is 11.6. The van der Waals surface area contributed by atoms with E-state index in [2.05, 4.69) is 10.5 Å². The van der Waals surface area contributed by atoms with Gasteiger partial charge in [0.15, 0.2) is 5.76 Å². The summed E-state index contributed by atoms with van der Waals surface area (Å²) in [5.74, 6) is 0.526. The van der Waals surface area contributed by atoms with E-state index in [-0.39, 0.29) is 5.76 Å². The minimum Gasteiger partial charge on any atom is -0.489 e. The predicted molar refractivity (Wildman–Crippen MR) is 96.0 cm³/mol. The molecule has 1 amide bonds. The van der Waals surface area contributed by atoms with Crippen LogP contribution in [0, 0.1) is 0 Å². The van der Waals surface area contributed by atoms with Crippen LogP contribution in [0.25, 0.3) is 0 Å². The van der Waals surface area contributed by atoms with Crippen molar-refractivity contribution in [3.8, 4) is 5.75 Å². The molecule has 5 nitrogen and oxygen atoms in total. The third kappa shape index (κ3) is 4.71. The van der Waals surface area contributed by atoms with Crippen molar-refractivity contribution in [1.29, 1.82) is 0 Å². The fourth-order valence-electron chi connectivity index (χ4n) is 2.05. The molecule has 0 radical (unpaired) electrons. The molecule has 0 aliphatic carbocycles. The highest BCUT2D eigenvalue weighted by atomic mass is 35.5. The summed E-state index contributed by atoms with van der Waals surface area (Å²) in [6.07, 6.45) is 2.97. The summed E-state index contributed by atoms with van der Waals surface area (Å²) in [5.41, 5.74) is 4.14. The van der Waals surface area contributed by atoms with Crippen LogP contribution in [0.1, 0.15) is 21.7 Å². The first-order chi connectivity index (χ1) is 12.2. The molecule has 25 heavy (non-hydrogen) atoms. The predicted octanol–water partition coefficient (Wildman–Crippen LogP) is 4.28. The molecule has 0 saturated carbocycles. The zero-order chi connectivity index (χ0) is 17.5. The van der Waals surface area contributed by atoms with Gasteiger partial charge in [-0.15, -0.1) is 0 Å². The van der Waals surface area contributed by atoms with Gasteiger partial charge in [-0.3, -0.25) is 4.79 Å². The molecule has 0 unspecified atom stereocenters. The van der Waals surface area contributed by atoms with E-state index in [1.807, 2.05) is 48.5 Å². The SMILES string of the molecule is O=C(NN=Cc1ccc(OCc2ccccc2Cl)cc1)c1ccco1. The maximum Gasteiger partial charge on any atom is 0.307 e. The van der Waals surface area contributed by atoms with Gasteiger partial charge in [0.25, 0.3) is 0 Å². The number of amides is 1. The number of hydrogen-bond donors (Lipinski definition) is 1. The second-order valence-electron chi connectivity index (χ2n) is 5.13. The number of carbonyl (C=O) groups is 1. The Kier molecular flexibility index (Phi) is 5.49. The Labute approximate surface area is 149 Å². The van der Waals surface area contributed by atoms with Crippen molar-refractivity contribution >= 4 is 23.7 Å². The summed E-state index contributed by atoms with van der Waals surface area (Å²) in [6.45, 7) is 0.395. The standard InChI is InChI=1S/C19H15ClN2O3/c20-17-5-2-1-4-15(17)13-25-16-9-7-14(8-10-16)12-21-22-19(23)18-6-3-11-24-18/h1-12H,13H2,(H,22,23). The van der Waals surface area contributed by atoms with Gasteiger partial charge in [-0.25, -0.2) is 5.43 Å². The molecule has 6 heteroatoms. The van der Waals surface area contributed by atoms with Crippen molar-refractivity contribution in [2.45, 2.75) is 6.61 Å². The summed E-state index contributed by atoms with van der Waals surface area (Å²) < 4.78 is 10.7. The van der Waals surface area contributed by atoms with Gasteiger partial charge in [0.1, 0.15) is 12.4 Å². The smallest absolute Gasteiger partial charge is 0.307 e. The Hall–Kier alpha value is -3.05. The summed E-state index contributed by atoms with van der Waals surface area (Å²) in [6, 6.07) is 18.1. The number of hydrazone groups is 1. The Morgan fingerprint density at radius 2 is 1.92 bits per heavy atom. The Morgan fingerprint density at radius 1 is 1.12 bits per heavy atom. The van der Waals surface area contributed by atoms with E-state index in [0.29, 0.717) is 11.6 Å². The molecule has 0 atom stereocenters. The molecule has 0 bridgehead atoms. The van der Waals surface area contributed by atoms with Crippen molar-refractivity contribution in [3.63, 3.8) is 0 Å². The lowest BCUT2D eigenvalue weighted by Crippen LogP contribution is -2.16. The van der Waals surface area contributed by atoms with Crippen LogP contribution in [0.5, 0.6) is 5.75 Å². The zero-order valence-electron chi connectivity index (χ0n) is 13.2. The molecule has 2 aromatic carbocycles. The molecule has 0 aliphatic heterocycles. The van der Waals surface area contributed by atoms with Crippen LogP contribution in [0.4, 0.5) is 0 Å². The number of hydrogen-bond acceptors (Lipinski definition) is 4. The van der Waals surface area contributed by atoms with Crippen LogP contribution in [-0.2, 0) is 6.61 Å². The molecule has 0 spiro atoms. The van der Waals surface area contributed by atoms with Crippen molar-refractivity contribution < 1.29 is 13.9 Å². The van der Waals surface area contributed by atoms with Gasteiger partial charge in [0, 0.05) is 10.6 Å². The van der Waals surface area contributed by atoms with E-state index >= 15 is 0 Å². The minimum absolute atomic E-state index is 0.209. The molecule has 1 aromatic heterocycles. The fourth-order valence-corrected chi connectivity index (χ4v) is 2.25. The Bertz CT molecular complexity index is 859. The molecule has 0 aliphatic rings. The van der Waals surface area contributed by atoms with E-state index in [1.165, 1.54) is 6.26 Å². The molecule has 0 saturated heterocycles. The van der Waals surface area contributed by atoms with Gasteiger partial charge in [-0.05, 0) is 48.0 Å². The Balaban J connectivity index is 1.52. The third-order valence-corrected chi connectivity index (χ3v) is 3.73. The zero-order valence-corrected chi connectivity index (χ0v) is 13.9. The largest absolute Gasteiger partial charge is 0.489 e.